The Balaban J connectivity index is 1.56. The van der Waals surface area contributed by atoms with Gasteiger partial charge in [0, 0.05) is 37.9 Å². The third kappa shape index (κ3) is 4.29. The number of nitrogens with zero attached hydrogens (tertiary/aromatic N) is 4. The molecule has 2 heterocycles. The molecule has 1 aromatic heterocycles. The average Bonchev–Trinajstić information content (AvgIpc) is 3.00. The fourth-order valence-corrected chi connectivity index (χ4v) is 3.36. The molecule has 1 saturated heterocycles. The van der Waals surface area contributed by atoms with Crippen molar-refractivity contribution in [2.45, 2.75) is 26.8 Å². The SMILES string of the molecule is CCN(CC1CCN(Cc2ccccc2)C1)c1cc(C)ncn1. The van der Waals surface area contributed by atoms with Gasteiger partial charge in [0.2, 0.25) is 0 Å². The van der Waals surface area contributed by atoms with Crippen LogP contribution in [0.1, 0.15) is 24.6 Å². The first-order valence-electron chi connectivity index (χ1n) is 8.54. The highest BCUT2D eigenvalue weighted by Crippen LogP contribution is 2.22. The van der Waals surface area contributed by atoms with E-state index in [1.807, 2.05) is 6.92 Å². The molecule has 1 aromatic carbocycles. The molecule has 122 valence electrons. The van der Waals surface area contributed by atoms with Gasteiger partial charge < -0.3 is 4.90 Å². The Bertz CT molecular complexity index is 614. The number of hydrogen-bond donors (Lipinski definition) is 0. The highest BCUT2D eigenvalue weighted by atomic mass is 15.2. The van der Waals surface area contributed by atoms with E-state index in [1.165, 1.54) is 25.1 Å². The van der Waals surface area contributed by atoms with Gasteiger partial charge >= 0.3 is 0 Å². The number of aryl methyl sites for hydroxylation is 1. The van der Waals surface area contributed by atoms with E-state index in [0.29, 0.717) is 5.92 Å². The second-order valence-electron chi connectivity index (χ2n) is 6.43. The minimum Gasteiger partial charge on any atom is -0.356 e. The van der Waals surface area contributed by atoms with E-state index in [1.54, 1.807) is 6.33 Å². The van der Waals surface area contributed by atoms with Crippen LogP contribution >= 0.6 is 0 Å². The van der Waals surface area contributed by atoms with Crippen molar-refractivity contribution in [1.29, 1.82) is 0 Å². The standard InChI is InChI=1S/C19H26N4/c1-3-23(19-11-16(2)20-15-21-19)14-18-9-10-22(13-18)12-17-7-5-4-6-8-17/h4-8,11,15,18H,3,9-10,12-14H2,1-2H3. The Hall–Kier alpha value is -1.94. The molecule has 0 aliphatic carbocycles. The number of hydrogen-bond acceptors (Lipinski definition) is 4. The topological polar surface area (TPSA) is 32.3 Å². The lowest BCUT2D eigenvalue weighted by Crippen LogP contribution is -2.31. The van der Waals surface area contributed by atoms with Gasteiger partial charge in [0.05, 0.1) is 0 Å². The average molecular weight is 310 g/mol. The Morgan fingerprint density at radius 1 is 1.22 bits per heavy atom. The van der Waals surface area contributed by atoms with Crippen molar-refractivity contribution >= 4 is 5.82 Å². The van der Waals surface area contributed by atoms with Gasteiger partial charge in [-0.2, -0.15) is 0 Å². The van der Waals surface area contributed by atoms with E-state index in [-0.39, 0.29) is 0 Å². The van der Waals surface area contributed by atoms with E-state index < -0.39 is 0 Å². The Labute approximate surface area is 139 Å². The predicted molar refractivity (Wildman–Crippen MR) is 94.5 cm³/mol. The molecule has 23 heavy (non-hydrogen) atoms. The van der Waals surface area contributed by atoms with Gasteiger partial charge in [0.1, 0.15) is 12.1 Å². The van der Waals surface area contributed by atoms with Gasteiger partial charge in [-0.3, -0.25) is 4.90 Å². The van der Waals surface area contributed by atoms with Gasteiger partial charge in [-0.15, -0.1) is 0 Å². The summed E-state index contributed by atoms with van der Waals surface area (Å²) < 4.78 is 0. The fourth-order valence-electron chi connectivity index (χ4n) is 3.36. The maximum absolute atomic E-state index is 4.44. The van der Waals surface area contributed by atoms with Crippen LogP contribution in [0.2, 0.25) is 0 Å². The summed E-state index contributed by atoms with van der Waals surface area (Å²) in [4.78, 5) is 13.6. The molecular formula is C19H26N4. The van der Waals surface area contributed by atoms with E-state index in [9.17, 15) is 0 Å². The van der Waals surface area contributed by atoms with E-state index in [2.05, 4.69) is 63.1 Å². The molecule has 0 amide bonds. The van der Waals surface area contributed by atoms with E-state index in [0.717, 1.165) is 31.1 Å². The molecule has 2 aromatic rings. The summed E-state index contributed by atoms with van der Waals surface area (Å²) in [7, 11) is 0. The fraction of sp³-hybridized carbons (Fsp3) is 0.474. The van der Waals surface area contributed by atoms with Crippen LogP contribution in [0.4, 0.5) is 5.82 Å². The van der Waals surface area contributed by atoms with Gasteiger partial charge in [0.25, 0.3) is 0 Å². The van der Waals surface area contributed by atoms with Crippen molar-refractivity contribution in [3.8, 4) is 0 Å². The normalized spacial score (nSPS) is 18.3. The molecule has 3 rings (SSSR count). The second-order valence-corrected chi connectivity index (χ2v) is 6.43. The van der Waals surface area contributed by atoms with Crippen LogP contribution in [-0.4, -0.2) is 41.0 Å². The molecule has 1 fully saturated rings. The third-order valence-electron chi connectivity index (χ3n) is 4.59. The number of rotatable bonds is 6. The Morgan fingerprint density at radius 2 is 2.04 bits per heavy atom. The highest BCUT2D eigenvalue weighted by Gasteiger charge is 2.24. The molecule has 4 nitrogen and oxygen atoms in total. The lowest BCUT2D eigenvalue weighted by molar-refractivity contribution is 0.317. The minimum absolute atomic E-state index is 0.717. The number of aromatic nitrogens is 2. The molecule has 0 N–H and O–H groups in total. The molecule has 1 aliphatic rings. The molecular weight excluding hydrogens is 284 g/mol. The molecule has 0 radical (unpaired) electrons. The lowest BCUT2D eigenvalue weighted by Gasteiger charge is -2.25. The van der Waals surface area contributed by atoms with Gasteiger partial charge in [-0.05, 0) is 38.3 Å². The zero-order chi connectivity index (χ0) is 16.1. The van der Waals surface area contributed by atoms with E-state index in [4.69, 9.17) is 0 Å². The highest BCUT2D eigenvalue weighted by molar-refractivity contribution is 5.38. The summed E-state index contributed by atoms with van der Waals surface area (Å²) in [6.07, 6.45) is 2.94. The van der Waals surface area contributed by atoms with Gasteiger partial charge in [-0.1, -0.05) is 30.3 Å². The summed E-state index contributed by atoms with van der Waals surface area (Å²) in [5.41, 5.74) is 2.44. The summed E-state index contributed by atoms with van der Waals surface area (Å²) in [5, 5.41) is 0. The van der Waals surface area contributed by atoms with Crippen molar-refractivity contribution in [3.63, 3.8) is 0 Å². The number of benzene rings is 1. The van der Waals surface area contributed by atoms with Crippen LogP contribution in [0, 0.1) is 12.8 Å². The Kier molecular flexibility index (Phi) is 5.23. The van der Waals surface area contributed by atoms with Crippen LogP contribution < -0.4 is 4.90 Å². The molecule has 0 bridgehead atoms. The lowest BCUT2D eigenvalue weighted by atomic mass is 10.1. The number of likely N-dealkylation sites (tertiary alicyclic amines) is 1. The molecule has 1 atom stereocenters. The maximum Gasteiger partial charge on any atom is 0.132 e. The van der Waals surface area contributed by atoms with Crippen LogP contribution in [0.5, 0.6) is 0 Å². The quantitative estimate of drug-likeness (QED) is 0.820. The molecule has 1 unspecified atom stereocenters. The maximum atomic E-state index is 4.44. The van der Waals surface area contributed by atoms with Crippen molar-refractivity contribution in [1.82, 2.24) is 14.9 Å². The Morgan fingerprint density at radius 3 is 2.78 bits per heavy atom. The molecule has 0 spiro atoms. The van der Waals surface area contributed by atoms with Crippen LogP contribution in [0.15, 0.2) is 42.7 Å². The van der Waals surface area contributed by atoms with Gasteiger partial charge in [-0.25, -0.2) is 9.97 Å². The van der Waals surface area contributed by atoms with Crippen molar-refractivity contribution < 1.29 is 0 Å². The molecule has 1 aliphatic heterocycles. The largest absolute Gasteiger partial charge is 0.356 e. The first-order valence-corrected chi connectivity index (χ1v) is 8.54. The first-order chi connectivity index (χ1) is 11.2. The molecule has 0 saturated carbocycles. The smallest absolute Gasteiger partial charge is 0.132 e. The summed E-state index contributed by atoms with van der Waals surface area (Å²) in [6.45, 7) is 9.74. The van der Waals surface area contributed by atoms with Crippen molar-refractivity contribution in [2.24, 2.45) is 5.92 Å². The van der Waals surface area contributed by atoms with Crippen LogP contribution in [-0.2, 0) is 6.54 Å². The number of anilines is 1. The predicted octanol–water partition coefficient (Wildman–Crippen LogP) is 3.13. The minimum atomic E-state index is 0.717. The zero-order valence-electron chi connectivity index (χ0n) is 14.2. The first kappa shape index (κ1) is 15.9. The third-order valence-corrected chi connectivity index (χ3v) is 4.59. The van der Waals surface area contributed by atoms with Crippen LogP contribution in [0.3, 0.4) is 0 Å². The molecule has 4 heteroatoms. The van der Waals surface area contributed by atoms with Gasteiger partial charge in [0.15, 0.2) is 0 Å². The van der Waals surface area contributed by atoms with Crippen LogP contribution in [0.25, 0.3) is 0 Å². The summed E-state index contributed by atoms with van der Waals surface area (Å²) >= 11 is 0. The van der Waals surface area contributed by atoms with Crippen molar-refractivity contribution in [3.05, 3.63) is 54.0 Å². The summed E-state index contributed by atoms with van der Waals surface area (Å²) in [5.74, 6) is 1.77. The zero-order valence-corrected chi connectivity index (χ0v) is 14.2. The van der Waals surface area contributed by atoms with Crippen molar-refractivity contribution in [2.75, 3.05) is 31.1 Å². The van der Waals surface area contributed by atoms with E-state index >= 15 is 0 Å². The summed E-state index contributed by atoms with van der Waals surface area (Å²) in [6, 6.07) is 12.8. The monoisotopic (exact) mass is 310 g/mol. The second kappa shape index (κ2) is 7.55.